The van der Waals surface area contributed by atoms with E-state index in [2.05, 4.69) is 5.32 Å². The summed E-state index contributed by atoms with van der Waals surface area (Å²) in [7, 11) is 4.68. The van der Waals surface area contributed by atoms with Crippen molar-refractivity contribution < 1.29 is 36.7 Å². The zero-order chi connectivity index (χ0) is 17.1. The van der Waals surface area contributed by atoms with Crippen molar-refractivity contribution in [2.45, 2.75) is 6.04 Å². The van der Waals surface area contributed by atoms with Gasteiger partial charge in [0.1, 0.15) is 6.04 Å². The number of anilines is 1. The lowest BCUT2D eigenvalue weighted by Crippen LogP contribution is -3.00. The number of quaternary nitrogens is 1. The van der Waals surface area contributed by atoms with Crippen molar-refractivity contribution in [1.29, 1.82) is 0 Å². The van der Waals surface area contributed by atoms with Gasteiger partial charge in [0.05, 0.1) is 27.0 Å². The monoisotopic (exact) mass is 364 g/mol. The smallest absolute Gasteiger partial charge is 0.279 e. The molecule has 3 N–H and O–H groups in total. The lowest BCUT2D eigenvalue weighted by Gasteiger charge is -2.21. The van der Waals surface area contributed by atoms with Crippen LogP contribution in [-0.2, 0) is 4.79 Å². The molecule has 25 heavy (non-hydrogen) atoms. The number of benzene rings is 2. The number of nitrogens with one attached hydrogen (secondary N) is 1. The SMILES string of the molecule is COc1cc2c(c(OC)c1OC)NC(=O)C[NH2+]C2c1ccccc1.[Cl-]. The van der Waals surface area contributed by atoms with E-state index in [9.17, 15) is 4.79 Å². The molecule has 1 heterocycles. The summed E-state index contributed by atoms with van der Waals surface area (Å²) in [6.45, 7) is 0.321. The van der Waals surface area contributed by atoms with Gasteiger partial charge in [0, 0.05) is 11.1 Å². The second kappa shape index (κ2) is 8.09. The summed E-state index contributed by atoms with van der Waals surface area (Å²) in [6.07, 6.45) is 0. The maximum absolute atomic E-state index is 12.2. The molecule has 2 aromatic carbocycles. The predicted octanol–water partition coefficient (Wildman–Crippen LogP) is -1.68. The van der Waals surface area contributed by atoms with Crippen LogP contribution in [-0.4, -0.2) is 33.8 Å². The zero-order valence-corrected chi connectivity index (χ0v) is 15.1. The van der Waals surface area contributed by atoms with Gasteiger partial charge in [-0.05, 0) is 6.07 Å². The summed E-state index contributed by atoms with van der Waals surface area (Å²) in [5.41, 5.74) is 2.65. The van der Waals surface area contributed by atoms with Crippen LogP contribution in [0, 0.1) is 0 Å². The number of carbonyl (C=O) groups excluding carboxylic acids is 1. The molecule has 0 saturated carbocycles. The Morgan fingerprint density at radius 2 is 1.72 bits per heavy atom. The Labute approximate surface area is 152 Å². The van der Waals surface area contributed by atoms with E-state index in [0.717, 1.165) is 11.1 Å². The van der Waals surface area contributed by atoms with Gasteiger partial charge in [0.2, 0.25) is 5.75 Å². The molecule has 0 bridgehead atoms. The molecule has 0 radical (unpaired) electrons. The van der Waals surface area contributed by atoms with Gasteiger partial charge in [-0.3, -0.25) is 4.79 Å². The lowest BCUT2D eigenvalue weighted by molar-refractivity contribution is -0.675. The Morgan fingerprint density at radius 3 is 2.32 bits per heavy atom. The van der Waals surface area contributed by atoms with E-state index in [4.69, 9.17) is 14.2 Å². The average Bonchev–Trinajstić information content (AvgIpc) is 2.78. The third kappa shape index (κ3) is 3.50. The number of halogens is 1. The molecule has 2 aromatic rings. The van der Waals surface area contributed by atoms with Crippen molar-refractivity contribution in [2.75, 3.05) is 33.2 Å². The molecule has 0 aromatic heterocycles. The third-order valence-corrected chi connectivity index (χ3v) is 4.16. The number of methoxy groups -OCH3 is 3. The van der Waals surface area contributed by atoms with Crippen LogP contribution in [0.4, 0.5) is 5.69 Å². The van der Waals surface area contributed by atoms with E-state index in [0.29, 0.717) is 29.5 Å². The highest BCUT2D eigenvalue weighted by atomic mass is 35.5. The highest BCUT2D eigenvalue weighted by Gasteiger charge is 2.32. The fraction of sp³-hybridized carbons (Fsp3) is 0.278. The van der Waals surface area contributed by atoms with E-state index in [1.165, 1.54) is 0 Å². The van der Waals surface area contributed by atoms with Gasteiger partial charge in [0.15, 0.2) is 18.0 Å². The Morgan fingerprint density at radius 1 is 1.04 bits per heavy atom. The van der Waals surface area contributed by atoms with Gasteiger partial charge < -0.3 is 37.3 Å². The van der Waals surface area contributed by atoms with Crippen LogP contribution in [0.2, 0.25) is 0 Å². The van der Waals surface area contributed by atoms with Gasteiger partial charge >= 0.3 is 0 Å². The number of fused-ring (bicyclic) bond motifs is 1. The fourth-order valence-electron chi connectivity index (χ4n) is 3.07. The maximum Gasteiger partial charge on any atom is 0.279 e. The van der Waals surface area contributed by atoms with Crippen molar-refractivity contribution in [3.8, 4) is 17.2 Å². The molecule has 1 aliphatic rings. The van der Waals surface area contributed by atoms with Crippen LogP contribution in [0.5, 0.6) is 17.2 Å². The van der Waals surface area contributed by atoms with E-state index in [-0.39, 0.29) is 24.4 Å². The number of nitrogens with two attached hydrogens (primary N) is 1. The van der Waals surface area contributed by atoms with Gasteiger partial charge in [-0.1, -0.05) is 30.3 Å². The molecule has 0 fully saturated rings. The van der Waals surface area contributed by atoms with Crippen molar-refractivity contribution in [3.05, 3.63) is 47.5 Å². The normalized spacial score (nSPS) is 16.0. The zero-order valence-electron chi connectivity index (χ0n) is 14.3. The molecule has 0 spiro atoms. The van der Waals surface area contributed by atoms with Crippen LogP contribution in [0.1, 0.15) is 17.2 Å². The number of rotatable bonds is 4. The van der Waals surface area contributed by atoms with Crippen molar-refractivity contribution in [1.82, 2.24) is 0 Å². The topological polar surface area (TPSA) is 73.4 Å². The molecule has 1 amide bonds. The summed E-state index contributed by atoms with van der Waals surface area (Å²) < 4.78 is 16.4. The van der Waals surface area contributed by atoms with Gasteiger partial charge in [-0.15, -0.1) is 0 Å². The minimum atomic E-state index is -0.0831. The Balaban J connectivity index is 0.00000225. The lowest BCUT2D eigenvalue weighted by atomic mass is 9.96. The summed E-state index contributed by atoms with van der Waals surface area (Å²) in [4.78, 5) is 12.2. The maximum atomic E-state index is 12.2. The number of carbonyl (C=O) groups is 1. The van der Waals surface area contributed by atoms with Gasteiger partial charge in [0.25, 0.3) is 5.91 Å². The van der Waals surface area contributed by atoms with Crippen molar-refractivity contribution in [2.24, 2.45) is 0 Å². The Bertz CT molecular complexity index is 752. The van der Waals surface area contributed by atoms with Crippen molar-refractivity contribution >= 4 is 11.6 Å². The van der Waals surface area contributed by atoms with Crippen molar-refractivity contribution in [3.63, 3.8) is 0 Å². The van der Waals surface area contributed by atoms with Gasteiger partial charge in [-0.25, -0.2) is 0 Å². The van der Waals surface area contributed by atoms with Crippen LogP contribution < -0.4 is 37.3 Å². The first kappa shape index (κ1) is 18.9. The predicted molar refractivity (Wildman–Crippen MR) is 89.8 cm³/mol. The molecule has 134 valence electrons. The highest BCUT2D eigenvalue weighted by molar-refractivity contribution is 5.96. The molecule has 7 heteroatoms. The van der Waals surface area contributed by atoms with Crippen LogP contribution in [0.15, 0.2) is 36.4 Å². The minimum Gasteiger partial charge on any atom is -1.00 e. The second-order valence-corrected chi connectivity index (χ2v) is 5.49. The first-order valence-electron chi connectivity index (χ1n) is 7.70. The minimum absolute atomic E-state index is 0. The Kier molecular flexibility index (Phi) is 6.12. The summed E-state index contributed by atoms with van der Waals surface area (Å²) in [5, 5.41) is 4.94. The summed E-state index contributed by atoms with van der Waals surface area (Å²) >= 11 is 0. The van der Waals surface area contributed by atoms with Crippen LogP contribution in [0.25, 0.3) is 0 Å². The summed E-state index contributed by atoms with van der Waals surface area (Å²) in [6, 6.07) is 11.9. The Hall–Kier alpha value is -2.44. The molecular weight excluding hydrogens is 344 g/mol. The quantitative estimate of drug-likeness (QED) is 0.680. The van der Waals surface area contributed by atoms with Gasteiger partial charge in [-0.2, -0.15) is 0 Å². The number of ether oxygens (including phenoxy) is 3. The number of hydrogen-bond donors (Lipinski definition) is 2. The third-order valence-electron chi connectivity index (χ3n) is 4.16. The van der Waals surface area contributed by atoms with E-state index in [1.807, 2.05) is 41.7 Å². The first-order chi connectivity index (χ1) is 11.7. The molecule has 1 atom stereocenters. The van der Waals surface area contributed by atoms with E-state index < -0.39 is 0 Å². The van der Waals surface area contributed by atoms with E-state index >= 15 is 0 Å². The number of hydrogen-bond acceptors (Lipinski definition) is 4. The molecule has 1 aliphatic heterocycles. The van der Waals surface area contributed by atoms with E-state index in [1.54, 1.807) is 21.3 Å². The second-order valence-electron chi connectivity index (χ2n) is 5.49. The average molecular weight is 365 g/mol. The molecule has 0 saturated heterocycles. The fourth-order valence-corrected chi connectivity index (χ4v) is 3.07. The summed E-state index contributed by atoms with van der Waals surface area (Å²) in [5.74, 6) is 1.42. The largest absolute Gasteiger partial charge is 1.00 e. The molecule has 1 unspecified atom stereocenters. The van der Waals surface area contributed by atoms with Crippen LogP contribution in [0.3, 0.4) is 0 Å². The standard InChI is InChI=1S/C18H20N2O4.ClH/c1-22-13-9-12-15(11-7-5-4-6-8-11)19-10-14(21)20-16(12)18(24-3)17(13)23-2;/h4-9,15,19H,10H2,1-3H3,(H,20,21);1H. The van der Waals surface area contributed by atoms with Crippen LogP contribution >= 0.6 is 0 Å². The molecule has 3 rings (SSSR count). The molecular formula is C18H21ClN2O4. The molecule has 6 nitrogen and oxygen atoms in total. The highest BCUT2D eigenvalue weighted by Crippen LogP contribution is 2.47. The number of amides is 1. The first-order valence-corrected chi connectivity index (χ1v) is 7.70. The molecule has 0 aliphatic carbocycles.